The van der Waals surface area contributed by atoms with Gasteiger partial charge in [0.15, 0.2) is 5.84 Å². The molecule has 20 heavy (non-hydrogen) atoms. The van der Waals surface area contributed by atoms with Gasteiger partial charge in [0.05, 0.1) is 12.7 Å². The molecule has 0 aliphatic rings. The number of hydrogen-bond donors (Lipinski definition) is 3. The number of rotatable bonds is 8. The molecule has 1 unspecified atom stereocenters. The molecule has 0 bridgehead atoms. The molecule has 0 radical (unpaired) electrons. The Hall–Kier alpha value is -1.79. The number of nitrogens with one attached hydrogen (secondary N) is 1. The van der Waals surface area contributed by atoms with E-state index in [1.807, 2.05) is 12.1 Å². The second-order valence-corrected chi connectivity index (χ2v) is 4.58. The van der Waals surface area contributed by atoms with Crippen LogP contribution in [0.15, 0.2) is 23.4 Å². The molecule has 0 fully saturated rings. The molecule has 0 aliphatic heterocycles. The highest BCUT2D eigenvalue weighted by atomic mass is 16.5. The second-order valence-electron chi connectivity index (χ2n) is 4.58. The zero-order valence-electron chi connectivity index (χ0n) is 12.2. The predicted molar refractivity (Wildman–Crippen MR) is 78.3 cm³/mol. The molecule has 6 heteroatoms. The van der Waals surface area contributed by atoms with Gasteiger partial charge in [-0.1, -0.05) is 11.2 Å². The van der Waals surface area contributed by atoms with Crippen LogP contribution in [0.1, 0.15) is 24.5 Å². The molecule has 0 heterocycles. The molecule has 0 saturated carbocycles. The molecule has 6 nitrogen and oxygen atoms in total. The van der Waals surface area contributed by atoms with Crippen molar-refractivity contribution in [3.8, 4) is 5.75 Å². The van der Waals surface area contributed by atoms with E-state index in [4.69, 9.17) is 20.4 Å². The minimum absolute atomic E-state index is 0.0369. The highest BCUT2D eigenvalue weighted by Gasteiger charge is 2.09. The normalized spacial score (nSPS) is 13.2. The minimum Gasteiger partial charge on any atom is -0.496 e. The van der Waals surface area contributed by atoms with Gasteiger partial charge >= 0.3 is 0 Å². The molecule has 1 aromatic carbocycles. The Morgan fingerprint density at radius 2 is 2.20 bits per heavy atom. The van der Waals surface area contributed by atoms with Gasteiger partial charge in [0.1, 0.15) is 5.75 Å². The van der Waals surface area contributed by atoms with Gasteiger partial charge < -0.3 is 25.7 Å². The molecule has 112 valence electrons. The minimum atomic E-state index is 0.0369. The maximum atomic E-state index is 8.72. The van der Waals surface area contributed by atoms with Crippen LogP contribution in [0, 0.1) is 0 Å². The van der Waals surface area contributed by atoms with Gasteiger partial charge in [-0.05, 0) is 31.0 Å². The zero-order valence-corrected chi connectivity index (χ0v) is 12.2. The van der Waals surface area contributed by atoms with Crippen LogP contribution in [0.3, 0.4) is 0 Å². The van der Waals surface area contributed by atoms with Crippen molar-refractivity contribution in [2.24, 2.45) is 10.9 Å². The molecule has 0 spiro atoms. The maximum Gasteiger partial charge on any atom is 0.173 e. The maximum absolute atomic E-state index is 8.72. The Labute approximate surface area is 119 Å². The van der Waals surface area contributed by atoms with Gasteiger partial charge in [0, 0.05) is 26.3 Å². The molecule has 1 aromatic rings. The predicted octanol–water partition coefficient (Wildman–Crippen LogP) is 1.30. The van der Waals surface area contributed by atoms with Crippen molar-refractivity contribution in [1.29, 1.82) is 0 Å². The van der Waals surface area contributed by atoms with Crippen molar-refractivity contribution in [2.75, 3.05) is 20.8 Å². The van der Waals surface area contributed by atoms with Gasteiger partial charge in [0.25, 0.3) is 0 Å². The third-order valence-electron chi connectivity index (χ3n) is 3.06. The van der Waals surface area contributed by atoms with E-state index in [0.717, 1.165) is 25.1 Å². The van der Waals surface area contributed by atoms with Crippen molar-refractivity contribution in [3.63, 3.8) is 0 Å². The highest BCUT2D eigenvalue weighted by Crippen LogP contribution is 2.20. The number of ether oxygens (including phenoxy) is 2. The number of oxime groups is 1. The van der Waals surface area contributed by atoms with E-state index < -0.39 is 0 Å². The summed E-state index contributed by atoms with van der Waals surface area (Å²) in [6.07, 6.45) is 0.954. The first-order valence-electron chi connectivity index (χ1n) is 6.49. The number of benzene rings is 1. The Kier molecular flexibility index (Phi) is 6.83. The molecule has 0 saturated heterocycles. The van der Waals surface area contributed by atoms with Crippen LogP contribution in [-0.2, 0) is 11.3 Å². The van der Waals surface area contributed by atoms with E-state index in [9.17, 15) is 0 Å². The second kappa shape index (κ2) is 8.39. The molecule has 1 rings (SSSR count). The summed E-state index contributed by atoms with van der Waals surface area (Å²) in [5, 5.41) is 15.1. The van der Waals surface area contributed by atoms with Gasteiger partial charge in [-0.15, -0.1) is 0 Å². The Bertz CT molecular complexity index is 449. The summed E-state index contributed by atoms with van der Waals surface area (Å²) in [7, 11) is 3.26. The Morgan fingerprint density at radius 1 is 1.45 bits per heavy atom. The number of nitrogens with two attached hydrogens (primary N) is 1. The van der Waals surface area contributed by atoms with E-state index in [1.165, 1.54) is 0 Å². The smallest absolute Gasteiger partial charge is 0.173 e. The van der Waals surface area contributed by atoms with E-state index in [1.54, 1.807) is 20.3 Å². The van der Waals surface area contributed by atoms with Crippen LogP contribution in [-0.4, -0.2) is 37.9 Å². The standard InChI is InChI=1S/C14H23N3O3/c1-10(6-7-19-2)16-9-11-4-5-12(14(15)17-18)13(8-11)20-3/h4-5,8,10,16,18H,6-7,9H2,1-3H3,(H2,15,17). The first kappa shape index (κ1) is 16.3. The van der Waals surface area contributed by atoms with E-state index in [2.05, 4.69) is 17.4 Å². The van der Waals surface area contributed by atoms with Gasteiger partial charge in [-0.2, -0.15) is 0 Å². The van der Waals surface area contributed by atoms with Crippen molar-refractivity contribution >= 4 is 5.84 Å². The fourth-order valence-electron chi connectivity index (χ4n) is 1.80. The van der Waals surface area contributed by atoms with Crippen LogP contribution in [0.4, 0.5) is 0 Å². The van der Waals surface area contributed by atoms with Gasteiger partial charge in [0.2, 0.25) is 0 Å². The van der Waals surface area contributed by atoms with Crippen molar-refractivity contribution in [2.45, 2.75) is 25.9 Å². The van der Waals surface area contributed by atoms with Crippen LogP contribution >= 0.6 is 0 Å². The van der Waals surface area contributed by atoms with Crippen LogP contribution in [0.5, 0.6) is 5.75 Å². The summed E-state index contributed by atoms with van der Waals surface area (Å²) in [5.74, 6) is 0.624. The topological polar surface area (TPSA) is 89.1 Å². The van der Waals surface area contributed by atoms with Crippen molar-refractivity contribution < 1.29 is 14.7 Å². The fraction of sp³-hybridized carbons (Fsp3) is 0.500. The van der Waals surface area contributed by atoms with Crippen LogP contribution in [0.2, 0.25) is 0 Å². The van der Waals surface area contributed by atoms with Gasteiger partial charge in [-0.3, -0.25) is 0 Å². The SMILES string of the molecule is COCCC(C)NCc1ccc(/C(N)=N/O)c(OC)c1. The van der Waals surface area contributed by atoms with E-state index in [0.29, 0.717) is 17.4 Å². The number of amidine groups is 1. The zero-order chi connectivity index (χ0) is 15.0. The first-order chi connectivity index (χ1) is 9.62. The van der Waals surface area contributed by atoms with Gasteiger partial charge in [-0.25, -0.2) is 0 Å². The van der Waals surface area contributed by atoms with Crippen molar-refractivity contribution in [3.05, 3.63) is 29.3 Å². The molecule has 0 aromatic heterocycles. The third-order valence-corrected chi connectivity index (χ3v) is 3.06. The largest absolute Gasteiger partial charge is 0.496 e. The lowest BCUT2D eigenvalue weighted by Gasteiger charge is -2.14. The van der Waals surface area contributed by atoms with E-state index >= 15 is 0 Å². The van der Waals surface area contributed by atoms with Crippen LogP contribution in [0.25, 0.3) is 0 Å². The molecule has 0 aliphatic carbocycles. The number of hydrogen-bond acceptors (Lipinski definition) is 5. The molecule has 1 atom stereocenters. The summed E-state index contributed by atoms with van der Waals surface area (Å²) < 4.78 is 10.3. The number of methoxy groups -OCH3 is 2. The lowest BCUT2D eigenvalue weighted by Crippen LogP contribution is -2.26. The lowest BCUT2D eigenvalue weighted by molar-refractivity contribution is 0.184. The quantitative estimate of drug-likeness (QED) is 0.289. The summed E-state index contributed by atoms with van der Waals surface area (Å²) in [4.78, 5) is 0. The summed E-state index contributed by atoms with van der Waals surface area (Å²) in [6.45, 7) is 3.57. The molecular formula is C14H23N3O3. The molecule has 0 amide bonds. The summed E-state index contributed by atoms with van der Waals surface area (Å²) >= 11 is 0. The average Bonchev–Trinajstić information content (AvgIpc) is 2.49. The molecule has 4 N–H and O–H groups in total. The third kappa shape index (κ3) is 4.71. The average molecular weight is 281 g/mol. The summed E-state index contributed by atoms with van der Waals surface area (Å²) in [6, 6.07) is 5.95. The molecular weight excluding hydrogens is 258 g/mol. The summed E-state index contributed by atoms with van der Waals surface area (Å²) in [5.41, 5.74) is 7.23. The Morgan fingerprint density at radius 3 is 2.80 bits per heavy atom. The first-order valence-corrected chi connectivity index (χ1v) is 6.49. The highest BCUT2D eigenvalue weighted by molar-refractivity contribution is 5.99. The Balaban J connectivity index is 2.69. The lowest BCUT2D eigenvalue weighted by atomic mass is 10.1. The van der Waals surface area contributed by atoms with Crippen LogP contribution < -0.4 is 15.8 Å². The number of nitrogens with zero attached hydrogens (tertiary/aromatic N) is 1. The monoisotopic (exact) mass is 281 g/mol. The van der Waals surface area contributed by atoms with Crippen molar-refractivity contribution in [1.82, 2.24) is 5.32 Å². The van der Waals surface area contributed by atoms with E-state index in [-0.39, 0.29) is 5.84 Å². The fourth-order valence-corrected chi connectivity index (χ4v) is 1.80.